The number of halogens is 2. The number of fused-ring (bicyclic) bond motifs is 1. The molecule has 0 radical (unpaired) electrons. The quantitative estimate of drug-likeness (QED) is 0.344. The van der Waals surface area contributed by atoms with Crippen LogP contribution in [-0.4, -0.2) is 74.7 Å². The summed E-state index contributed by atoms with van der Waals surface area (Å²) in [5.74, 6) is 0.163. The van der Waals surface area contributed by atoms with Crippen molar-refractivity contribution in [3.8, 4) is 0 Å². The Kier molecular flexibility index (Phi) is 8.91. The van der Waals surface area contributed by atoms with Crippen LogP contribution in [0.4, 0.5) is 14.5 Å². The number of carbonyl (C=O) groups excluding carboxylic acids is 1. The minimum atomic E-state index is -2.70. The molecule has 202 valence electrons. The lowest BCUT2D eigenvalue weighted by Crippen LogP contribution is -2.59. The standard InChI is InChI=1S/C27H39F2N7O/c1-17(37)35-11-7-24(34-20-5-8-33-9-6-20)23(16-35)27(31)36-10-3-4-18-12-21(19(14-30)15-32-2)22(26(28)29)13-25(18)36/h12-15,20,23-24,26,31,33-34H,3-11,16,30H2,1-2H3/b19-14+,31-27?,32-15?. The van der Waals surface area contributed by atoms with Crippen molar-refractivity contribution in [2.24, 2.45) is 16.6 Å². The zero-order chi connectivity index (χ0) is 26.5. The van der Waals surface area contributed by atoms with Crippen LogP contribution < -0.4 is 21.3 Å². The number of carbonyl (C=O) groups is 1. The van der Waals surface area contributed by atoms with Crippen LogP contribution in [0.3, 0.4) is 0 Å². The molecule has 3 aliphatic heterocycles. The first-order valence-electron chi connectivity index (χ1n) is 13.2. The van der Waals surface area contributed by atoms with Gasteiger partial charge in [0.05, 0.1) is 0 Å². The number of amides is 1. The largest absolute Gasteiger partial charge is 0.404 e. The number of amidine groups is 1. The predicted molar refractivity (Wildman–Crippen MR) is 145 cm³/mol. The molecule has 1 aromatic carbocycles. The lowest BCUT2D eigenvalue weighted by atomic mass is 9.87. The fraction of sp³-hybridized carbons (Fsp3) is 0.593. The van der Waals surface area contributed by atoms with Crippen LogP contribution in [0.1, 0.15) is 55.7 Å². The van der Waals surface area contributed by atoms with Crippen molar-refractivity contribution >= 4 is 29.2 Å². The third kappa shape index (κ3) is 6.01. The second-order valence-electron chi connectivity index (χ2n) is 10.2. The molecular formula is C27H39F2N7O. The number of piperidine rings is 2. The van der Waals surface area contributed by atoms with Gasteiger partial charge in [0.15, 0.2) is 0 Å². The number of allylic oxidation sites excluding steroid dienone is 1. The first-order chi connectivity index (χ1) is 17.8. The van der Waals surface area contributed by atoms with Crippen molar-refractivity contribution in [2.75, 3.05) is 44.7 Å². The van der Waals surface area contributed by atoms with Gasteiger partial charge in [-0.05, 0) is 68.5 Å². The minimum absolute atomic E-state index is 0.000443. The van der Waals surface area contributed by atoms with E-state index in [1.807, 2.05) is 4.90 Å². The van der Waals surface area contributed by atoms with Crippen molar-refractivity contribution in [1.82, 2.24) is 15.5 Å². The van der Waals surface area contributed by atoms with E-state index >= 15 is 0 Å². The Hall–Kier alpha value is -2.85. The monoisotopic (exact) mass is 515 g/mol. The first-order valence-corrected chi connectivity index (χ1v) is 13.2. The molecule has 3 aliphatic rings. The van der Waals surface area contributed by atoms with Gasteiger partial charge in [-0.2, -0.15) is 0 Å². The molecule has 0 saturated carbocycles. The molecule has 0 aromatic heterocycles. The normalized spacial score (nSPS) is 23.5. The lowest BCUT2D eigenvalue weighted by Gasteiger charge is -2.44. The third-order valence-electron chi connectivity index (χ3n) is 7.85. The summed E-state index contributed by atoms with van der Waals surface area (Å²) < 4.78 is 28.5. The van der Waals surface area contributed by atoms with Crippen molar-refractivity contribution < 1.29 is 13.6 Å². The van der Waals surface area contributed by atoms with Gasteiger partial charge in [-0.3, -0.25) is 15.2 Å². The van der Waals surface area contributed by atoms with Crippen LogP contribution in [-0.2, 0) is 11.2 Å². The van der Waals surface area contributed by atoms with E-state index in [9.17, 15) is 19.0 Å². The van der Waals surface area contributed by atoms with Gasteiger partial charge < -0.3 is 26.2 Å². The van der Waals surface area contributed by atoms with E-state index in [0.29, 0.717) is 48.3 Å². The summed E-state index contributed by atoms with van der Waals surface area (Å²) in [7, 11) is 1.58. The Bertz CT molecular complexity index is 1050. The van der Waals surface area contributed by atoms with Crippen molar-refractivity contribution in [3.05, 3.63) is 35.0 Å². The number of hydrogen-bond acceptors (Lipinski definition) is 6. The van der Waals surface area contributed by atoms with E-state index < -0.39 is 6.43 Å². The highest BCUT2D eigenvalue weighted by molar-refractivity contribution is 6.10. The van der Waals surface area contributed by atoms with Crippen molar-refractivity contribution in [1.29, 1.82) is 5.41 Å². The van der Waals surface area contributed by atoms with Crippen molar-refractivity contribution in [3.63, 3.8) is 0 Å². The van der Waals surface area contributed by atoms with Gasteiger partial charge >= 0.3 is 0 Å². The topological polar surface area (TPSA) is 110 Å². The van der Waals surface area contributed by atoms with Gasteiger partial charge in [0.1, 0.15) is 5.84 Å². The van der Waals surface area contributed by atoms with Crippen LogP contribution in [0.2, 0.25) is 0 Å². The molecule has 0 aliphatic carbocycles. The van der Waals surface area contributed by atoms with Gasteiger partial charge in [0, 0.05) is 80.8 Å². The highest BCUT2D eigenvalue weighted by Crippen LogP contribution is 2.38. The summed E-state index contributed by atoms with van der Waals surface area (Å²) in [6.07, 6.45) is 4.45. The highest BCUT2D eigenvalue weighted by atomic mass is 19.3. The summed E-state index contributed by atoms with van der Waals surface area (Å²) >= 11 is 0. The van der Waals surface area contributed by atoms with Crippen LogP contribution in [0, 0.1) is 11.3 Å². The number of likely N-dealkylation sites (tertiary alicyclic amines) is 1. The number of nitrogens with one attached hydrogen (secondary N) is 3. The molecule has 2 atom stereocenters. The Balaban J connectivity index is 1.67. The van der Waals surface area contributed by atoms with E-state index in [0.717, 1.165) is 50.8 Å². The average Bonchev–Trinajstić information content (AvgIpc) is 2.90. The molecule has 2 unspecified atom stereocenters. The van der Waals surface area contributed by atoms with Gasteiger partial charge in [0.2, 0.25) is 5.91 Å². The minimum Gasteiger partial charge on any atom is -0.404 e. The molecule has 2 fully saturated rings. The summed E-state index contributed by atoms with van der Waals surface area (Å²) in [6, 6.07) is 3.73. The van der Waals surface area contributed by atoms with Crippen LogP contribution in [0.25, 0.3) is 5.57 Å². The molecule has 3 heterocycles. The summed E-state index contributed by atoms with van der Waals surface area (Å²) in [6.45, 7) is 5.19. The van der Waals surface area contributed by atoms with E-state index in [2.05, 4.69) is 15.6 Å². The molecule has 4 rings (SSSR count). The fourth-order valence-corrected chi connectivity index (χ4v) is 5.88. The smallest absolute Gasteiger partial charge is 0.264 e. The average molecular weight is 516 g/mol. The molecule has 37 heavy (non-hydrogen) atoms. The number of aryl methyl sites for hydroxylation is 1. The predicted octanol–water partition coefficient (Wildman–Crippen LogP) is 2.93. The molecule has 2 saturated heterocycles. The second kappa shape index (κ2) is 12.1. The molecule has 10 heteroatoms. The Morgan fingerprint density at radius 3 is 2.68 bits per heavy atom. The van der Waals surface area contributed by atoms with E-state index in [1.165, 1.54) is 18.5 Å². The molecule has 1 aromatic rings. The number of alkyl halides is 2. The number of hydrogen-bond donors (Lipinski definition) is 4. The van der Waals surface area contributed by atoms with Crippen LogP contribution >= 0.6 is 0 Å². The van der Waals surface area contributed by atoms with E-state index in [-0.39, 0.29) is 23.4 Å². The van der Waals surface area contributed by atoms with Gasteiger partial charge in [-0.15, -0.1) is 0 Å². The molecular weight excluding hydrogens is 476 g/mol. The number of rotatable bonds is 6. The maximum absolute atomic E-state index is 14.2. The number of benzene rings is 1. The summed E-state index contributed by atoms with van der Waals surface area (Å²) in [5, 5.41) is 16.5. The number of anilines is 1. The number of nitrogens with zero attached hydrogens (tertiary/aromatic N) is 3. The third-order valence-corrected chi connectivity index (χ3v) is 7.85. The van der Waals surface area contributed by atoms with E-state index in [4.69, 9.17) is 5.73 Å². The first kappa shape index (κ1) is 27.2. The number of nitrogens with two attached hydrogens (primary N) is 1. The number of aliphatic imine (C=N–C) groups is 1. The highest BCUT2D eigenvalue weighted by Gasteiger charge is 2.38. The van der Waals surface area contributed by atoms with Crippen molar-refractivity contribution in [2.45, 2.75) is 57.5 Å². The Morgan fingerprint density at radius 1 is 1.27 bits per heavy atom. The molecule has 0 spiro atoms. The Morgan fingerprint density at radius 2 is 2.03 bits per heavy atom. The van der Waals surface area contributed by atoms with E-state index in [1.54, 1.807) is 24.9 Å². The van der Waals surface area contributed by atoms with Gasteiger partial charge in [-0.25, -0.2) is 8.78 Å². The fourth-order valence-electron chi connectivity index (χ4n) is 5.88. The SMILES string of the molecule is CN=C/C(=C\N)c1cc2c(cc1C(F)F)N(C(=N)C1CN(C(C)=O)CCC1NC1CCNCC1)CCC2. The van der Waals surface area contributed by atoms with Crippen LogP contribution in [0.5, 0.6) is 0 Å². The summed E-state index contributed by atoms with van der Waals surface area (Å²) in [5.41, 5.74) is 8.03. The van der Waals surface area contributed by atoms with Crippen LogP contribution in [0.15, 0.2) is 23.3 Å². The molecule has 5 N–H and O–H groups in total. The summed E-state index contributed by atoms with van der Waals surface area (Å²) in [4.78, 5) is 19.9. The maximum atomic E-state index is 14.2. The molecule has 1 amide bonds. The zero-order valence-corrected chi connectivity index (χ0v) is 21.8. The molecule has 0 bridgehead atoms. The Labute approximate surface area is 217 Å². The van der Waals surface area contributed by atoms with Gasteiger partial charge in [-0.1, -0.05) is 0 Å². The van der Waals surface area contributed by atoms with Gasteiger partial charge in [0.25, 0.3) is 6.43 Å². The second-order valence-corrected chi connectivity index (χ2v) is 10.2. The maximum Gasteiger partial charge on any atom is 0.264 e. The molecule has 8 nitrogen and oxygen atoms in total. The lowest BCUT2D eigenvalue weighted by molar-refractivity contribution is -0.130. The zero-order valence-electron chi connectivity index (χ0n) is 21.8.